The van der Waals surface area contributed by atoms with Crippen molar-refractivity contribution in [1.29, 1.82) is 5.26 Å². The Morgan fingerprint density at radius 2 is 2.23 bits per heavy atom. The molecule has 6 nitrogen and oxygen atoms in total. The number of hydrogen-bond donors (Lipinski definition) is 0. The van der Waals surface area contributed by atoms with Crippen LogP contribution in [0.1, 0.15) is 33.1 Å². The summed E-state index contributed by atoms with van der Waals surface area (Å²) in [5.74, 6) is 0.806. The van der Waals surface area contributed by atoms with Crippen molar-refractivity contribution in [1.82, 2.24) is 9.80 Å². The van der Waals surface area contributed by atoms with Gasteiger partial charge in [-0.05, 0) is 24.7 Å². The number of amides is 2. The fraction of sp³-hybridized carbons (Fsp3) is 0.812. The Bertz CT molecular complexity index is 458. The fourth-order valence-corrected chi connectivity index (χ4v) is 3.35. The predicted octanol–water partition coefficient (Wildman–Crippen LogP) is 1.86. The maximum Gasteiger partial charge on any atom is 0.409 e. The zero-order chi connectivity index (χ0) is 16.1. The Hall–Kier alpha value is -1.77. The first-order valence-electron chi connectivity index (χ1n) is 8.12. The lowest BCUT2D eigenvalue weighted by atomic mass is 9.79. The first kappa shape index (κ1) is 16.6. The molecule has 2 unspecified atom stereocenters. The van der Waals surface area contributed by atoms with Gasteiger partial charge in [-0.15, -0.1) is 0 Å². The second kappa shape index (κ2) is 7.48. The molecule has 2 saturated heterocycles. The molecule has 2 aliphatic rings. The lowest BCUT2D eigenvalue weighted by molar-refractivity contribution is -0.128. The molecule has 2 rings (SSSR count). The number of carbonyl (C=O) groups excluding carboxylic acids is 2. The van der Waals surface area contributed by atoms with Crippen LogP contribution in [0.3, 0.4) is 0 Å². The maximum atomic E-state index is 12.1. The van der Waals surface area contributed by atoms with Gasteiger partial charge in [0.05, 0.1) is 18.5 Å². The van der Waals surface area contributed by atoms with Gasteiger partial charge in [0.15, 0.2) is 0 Å². The van der Waals surface area contributed by atoms with E-state index < -0.39 is 0 Å². The summed E-state index contributed by atoms with van der Waals surface area (Å²) in [6, 6.07) is 2.32. The molecule has 6 heteroatoms. The third-order valence-electron chi connectivity index (χ3n) is 4.70. The van der Waals surface area contributed by atoms with E-state index in [2.05, 4.69) is 19.9 Å². The van der Waals surface area contributed by atoms with Crippen LogP contribution >= 0.6 is 0 Å². The first-order chi connectivity index (χ1) is 10.5. The van der Waals surface area contributed by atoms with Crippen molar-refractivity contribution in [3.8, 4) is 6.07 Å². The van der Waals surface area contributed by atoms with Gasteiger partial charge in [-0.3, -0.25) is 4.79 Å². The monoisotopic (exact) mass is 307 g/mol. The quantitative estimate of drug-likeness (QED) is 0.794. The van der Waals surface area contributed by atoms with Gasteiger partial charge < -0.3 is 14.5 Å². The molecule has 122 valence electrons. The van der Waals surface area contributed by atoms with Crippen LogP contribution < -0.4 is 0 Å². The minimum atomic E-state index is -0.367. The van der Waals surface area contributed by atoms with E-state index in [1.165, 1.54) is 0 Å². The Morgan fingerprint density at radius 1 is 1.45 bits per heavy atom. The Morgan fingerprint density at radius 3 is 2.82 bits per heavy atom. The smallest absolute Gasteiger partial charge is 0.409 e. The topological polar surface area (TPSA) is 73.6 Å². The highest BCUT2D eigenvalue weighted by Crippen LogP contribution is 2.29. The van der Waals surface area contributed by atoms with Gasteiger partial charge in [-0.2, -0.15) is 5.26 Å². The van der Waals surface area contributed by atoms with Crippen LogP contribution in [0.4, 0.5) is 4.79 Å². The van der Waals surface area contributed by atoms with Crippen LogP contribution in [-0.2, 0) is 9.53 Å². The molecule has 0 aromatic rings. The number of likely N-dealkylation sites (tertiary alicyclic amines) is 2. The number of ether oxygens (including phenoxy) is 1. The number of nitriles is 1. The van der Waals surface area contributed by atoms with E-state index >= 15 is 0 Å². The normalized spacial score (nSPS) is 25.5. The van der Waals surface area contributed by atoms with E-state index in [0.29, 0.717) is 37.9 Å². The van der Waals surface area contributed by atoms with Crippen molar-refractivity contribution < 1.29 is 14.3 Å². The number of piperidine rings is 1. The number of rotatable bonds is 4. The lowest BCUT2D eigenvalue weighted by Gasteiger charge is -2.36. The largest absolute Gasteiger partial charge is 0.448 e. The van der Waals surface area contributed by atoms with Crippen LogP contribution in [0.15, 0.2) is 0 Å². The van der Waals surface area contributed by atoms with E-state index in [-0.39, 0.29) is 24.5 Å². The van der Waals surface area contributed by atoms with Crippen molar-refractivity contribution in [2.75, 3.05) is 32.8 Å². The van der Waals surface area contributed by atoms with Crippen molar-refractivity contribution in [2.45, 2.75) is 33.1 Å². The maximum absolute atomic E-state index is 12.1. The van der Waals surface area contributed by atoms with Crippen molar-refractivity contribution in [3.05, 3.63) is 0 Å². The SMILES string of the molecule is CC(C)C1CCN(C(=O)OCCN2CCCC2=O)CC1C#N. The molecular weight excluding hydrogens is 282 g/mol. The molecule has 0 aliphatic carbocycles. The Kier molecular flexibility index (Phi) is 5.64. The number of carbonyl (C=O) groups is 2. The van der Waals surface area contributed by atoms with Crippen molar-refractivity contribution in [2.24, 2.45) is 17.8 Å². The summed E-state index contributed by atoms with van der Waals surface area (Å²) in [7, 11) is 0. The molecule has 0 N–H and O–H groups in total. The van der Waals surface area contributed by atoms with E-state index in [1.807, 2.05) is 0 Å². The summed E-state index contributed by atoms with van der Waals surface area (Å²) in [4.78, 5) is 26.9. The molecule has 0 saturated carbocycles. The van der Waals surface area contributed by atoms with Gasteiger partial charge in [-0.1, -0.05) is 13.8 Å². The highest BCUT2D eigenvalue weighted by molar-refractivity contribution is 5.78. The van der Waals surface area contributed by atoms with E-state index in [1.54, 1.807) is 9.80 Å². The lowest BCUT2D eigenvalue weighted by Crippen LogP contribution is -2.45. The van der Waals surface area contributed by atoms with Crippen LogP contribution in [-0.4, -0.2) is 54.6 Å². The molecular formula is C16H25N3O3. The van der Waals surface area contributed by atoms with Crippen LogP contribution in [0, 0.1) is 29.1 Å². The summed E-state index contributed by atoms with van der Waals surface area (Å²) in [6.45, 7) is 6.78. The number of nitrogens with zero attached hydrogens (tertiary/aromatic N) is 3. The fourth-order valence-electron chi connectivity index (χ4n) is 3.35. The second-order valence-electron chi connectivity index (χ2n) is 6.48. The summed E-state index contributed by atoms with van der Waals surface area (Å²) < 4.78 is 5.26. The van der Waals surface area contributed by atoms with Crippen LogP contribution in [0.2, 0.25) is 0 Å². The van der Waals surface area contributed by atoms with Crippen LogP contribution in [0.5, 0.6) is 0 Å². The number of hydrogen-bond acceptors (Lipinski definition) is 4. The average Bonchev–Trinajstić information content (AvgIpc) is 2.91. The summed E-state index contributed by atoms with van der Waals surface area (Å²) in [6.07, 6.45) is 1.96. The first-order valence-corrected chi connectivity index (χ1v) is 8.12. The molecule has 2 fully saturated rings. The highest BCUT2D eigenvalue weighted by Gasteiger charge is 2.33. The van der Waals surface area contributed by atoms with Crippen LogP contribution in [0.25, 0.3) is 0 Å². The molecule has 2 aliphatic heterocycles. The summed E-state index contributed by atoms with van der Waals surface area (Å²) in [5.41, 5.74) is 0. The van der Waals surface area contributed by atoms with Gasteiger partial charge in [0.2, 0.25) is 5.91 Å². The Balaban J connectivity index is 1.76. The summed E-state index contributed by atoms with van der Waals surface area (Å²) in [5, 5.41) is 9.29. The second-order valence-corrected chi connectivity index (χ2v) is 6.48. The predicted molar refractivity (Wildman–Crippen MR) is 80.8 cm³/mol. The van der Waals surface area contributed by atoms with E-state index in [0.717, 1.165) is 19.4 Å². The molecule has 2 atom stereocenters. The minimum absolute atomic E-state index is 0.124. The van der Waals surface area contributed by atoms with E-state index in [9.17, 15) is 14.9 Å². The molecule has 22 heavy (non-hydrogen) atoms. The third-order valence-corrected chi connectivity index (χ3v) is 4.70. The molecule has 2 amide bonds. The molecule has 0 spiro atoms. The molecule has 2 heterocycles. The Labute approximate surface area is 132 Å². The van der Waals surface area contributed by atoms with Gasteiger partial charge in [-0.25, -0.2) is 4.79 Å². The van der Waals surface area contributed by atoms with Gasteiger partial charge in [0.1, 0.15) is 6.61 Å². The standard InChI is InChI=1S/C16H25N3O3/c1-12(2)14-5-7-19(11-13(14)10-17)16(21)22-9-8-18-6-3-4-15(18)20/h12-14H,3-9,11H2,1-2H3. The van der Waals surface area contributed by atoms with Gasteiger partial charge in [0.25, 0.3) is 0 Å². The zero-order valence-corrected chi connectivity index (χ0v) is 13.5. The molecule has 0 bridgehead atoms. The molecule has 0 aromatic carbocycles. The van der Waals surface area contributed by atoms with Crippen molar-refractivity contribution >= 4 is 12.0 Å². The zero-order valence-electron chi connectivity index (χ0n) is 13.5. The van der Waals surface area contributed by atoms with Gasteiger partial charge >= 0.3 is 6.09 Å². The average molecular weight is 307 g/mol. The highest BCUT2D eigenvalue weighted by atomic mass is 16.6. The van der Waals surface area contributed by atoms with E-state index in [4.69, 9.17) is 4.74 Å². The minimum Gasteiger partial charge on any atom is -0.448 e. The third kappa shape index (κ3) is 3.90. The van der Waals surface area contributed by atoms with Gasteiger partial charge in [0, 0.05) is 26.1 Å². The summed E-state index contributed by atoms with van der Waals surface area (Å²) >= 11 is 0. The molecule has 0 radical (unpaired) electrons. The molecule has 0 aromatic heterocycles. The van der Waals surface area contributed by atoms with Crippen molar-refractivity contribution in [3.63, 3.8) is 0 Å².